The average molecular weight is 461 g/mol. The third kappa shape index (κ3) is 5.24. The Kier molecular flexibility index (Phi) is 7.51. The van der Waals surface area contributed by atoms with Gasteiger partial charge in [0.25, 0.3) is 0 Å². The SMILES string of the molecule is CCOC(=O)CCc1ccc(NCc2ccc3c(c2C)N(c2ccccc2C)CCC3)cc1F. The lowest BCUT2D eigenvalue weighted by Gasteiger charge is -2.34. The number of nitrogens with one attached hydrogen (secondary N) is 1. The first-order chi connectivity index (χ1) is 16.5. The van der Waals surface area contributed by atoms with Gasteiger partial charge in [-0.1, -0.05) is 36.4 Å². The van der Waals surface area contributed by atoms with Crippen LogP contribution in [0.3, 0.4) is 0 Å². The monoisotopic (exact) mass is 460 g/mol. The molecular formula is C29H33FN2O2. The summed E-state index contributed by atoms with van der Waals surface area (Å²) in [4.78, 5) is 14.0. The topological polar surface area (TPSA) is 41.6 Å². The first-order valence-electron chi connectivity index (χ1n) is 12.1. The summed E-state index contributed by atoms with van der Waals surface area (Å²) in [7, 11) is 0. The van der Waals surface area contributed by atoms with Gasteiger partial charge in [0.15, 0.2) is 0 Å². The standard InChI is InChI=1S/C29H33FN2O2/c1-4-34-28(33)16-14-22-13-15-25(18-26(22)30)31-19-24-12-11-23-9-7-17-32(29(23)21(24)3)27-10-6-5-8-20(27)2/h5-6,8,10-13,15,18,31H,4,7,9,14,16-17,19H2,1-3H3. The molecule has 1 aliphatic rings. The number of para-hydroxylation sites is 1. The molecule has 0 radical (unpaired) electrons. The van der Waals surface area contributed by atoms with Crippen LogP contribution in [0.15, 0.2) is 54.6 Å². The highest BCUT2D eigenvalue weighted by Gasteiger charge is 2.22. The quantitative estimate of drug-likeness (QED) is 0.383. The van der Waals surface area contributed by atoms with Gasteiger partial charge in [0.2, 0.25) is 0 Å². The number of esters is 1. The molecule has 0 aromatic heterocycles. The van der Waals surface area contributed by atoms with Gasteiger partial charge < -0.3 is 15.0 Å². The lowest BCUT2D eigenvalue weighted by molar-refractivity contribution is -0.143. The number of benzene rings is 3. The number of ether oxygens (including phenoxy) is 1. The van der Waals surface area contributed by atoms with E-state index in [4.69, 9.17) is 4.74 Å². The highest BCUT2D eigenvalue weighted by Crippen LogP contribution is 2.39. The maximum absolute atomic E-state index is 14.6. The third-order valence-electron chi connectivity index (χ3n) is 6.57. The van der Waals surface area contributed by atoms with Crippen molar-refractivity contribution in [3.8, 4) is 0 Å². The molecule has 3 aromatic carbocycles. The zero-order chi connectivity index (χ0) is 24.1. The zero-order valence-corrected chi connectivity index (χ0v) is 20.3. The molecule has 1 aliphatic heterocycles. The second-order valence-electron chi connectivity index (χ2n) is 8.86. The van der Waals surface area contributed by atoms with Gasteiger partial charge in [0.05, 0.1) is 6.61 Å². The van der Waals surface area contributed by atoms with Crippen LogP contribution >= 0.6 is 0 Å². The summed E-state index contributed by atoms with van der Waals surface area (Å²) in [5, 5.41) is 3.38. The molecule has 0 amide bonds. The Labute approximate surface area is 201 Å². The fourth-order valence-corrected chi connectivity index (χ4v) is 4.74. The van der Waals surface area contributed by atoms with Crippen molar-refractivity contribution in [1.82, 2.24) is 0 Å². The molecule has 0 saturated carbocycles. The van der Waals surface area contributed by atoms with Crippen LogP contribution in [0.2, 0.25) is 0 Å². The molecule has 0 fully saturated rings. The number of hydrogen-bond donors (Lipinski definition) is 1. The van der Waals surface area contributed by atoms with Crippen LogP contribution in [0, 0.1) is 19.7 Å². The van der Waals surface area contributed by atoms with E-state index in [1.54, 1.807) is 13.0 Å². The van der Waals surface area contributed by atoms with E-state index in [1.807, 2.05) is 6.07 Å². The highest BCUT2D eigenvalue weighted by atomic mass is 19.1. The number of aryl methyl sites for hydroxylation is 3. The minimum Gasteiger partial charge on any atom is -0.466 e. The van der Waals surface area contributed by atoms with Gasteiger partial charge in [-0.25, -0.2) is 4.39 Å². The van der Waals surface area contributed by atoms with Crippen molar-refractivity contribution in [1.29, 1.82) is 0 Å². The van der Waals surface area contributed by atoms with E-state index in [0.717, 1.165) is 25.1 Å². The lowest BCUT2D eigenvalue weighted by atomic mass is 9.93. The van der Waals surface area contributed by atoms with E-state index >= 15 is 0 Å². The first kappa shape index (κ1) is 23.8. The van der Waals surface area contributed by atoms with Crippen LogP contribution in [-0.2, 0) is 28.9 Å². The van der Waals surface area contributed by atoms with Crippen LogP contribution in [-0.4, -0.2) is 19.1 Å². The molecule has 0 unspecified atom stereocenters. The van der Waals surface area contributed by atoms with Gasteiger partial charge in [0, 0.05) is 36.6 Å². The van der Waals surface area contributed by atoms with Gasteiger partial charge in [-0.3, -0.25) is 4.79 Å². The Balaban J connectivity index is 1.49. The fourth-order valence-electron chi connectivity index (χ4n) is 4.74. The summed E-state index contributed by atoms with van der Waals surface area (Å²) >= 11 is 0. The maximum atomic E-state index is 14.6. The van der Waals surface area contributed by atoms with Gasteiger partial charge in [-0.2, -0.15) is 0 Å². The minimum absolute atomic E-state index is 0.184. The summed E-state index contributed by atoms with van der Waals surface area (Å²) in [6.45, 7) is 8.08. The Morgan fingerprint density at radius 1 is 1.09 bits per heavy atom. The highest BCUT2D eigenvalue weighted by molar-refractivity contribution is 5.74. The van der Waals surface area contributed by atoms with Gasteiger partial charge in [-0.15, -0.1) is 0 Å². The van der Waals surface area contributed by atoms with Crippen molar-refractivity contribution in [2.45, 2.75) is 53.0 Å². The normalized spacial score (nSPS) is 12.9. The Morgan fingerprint density at radius 2 is 1.88 bits per heavy atom. The molecule has 5 heteroatoms. The molecule has 3 aromatic rings. The van der Waals surface area contributed by atoms with Gasteiger partial charge in [0.1, 0.15) is 5.82 Å². The number of halogens is 1. The van der Waals surface area contributed by atoms with Crippen LogP contribution in [0.5, 0.6) is 0 Å². The maximum Gasteiger partial charge on any atom is 0.306 e. The molecular weight excluding hydrogens is 427 g/mol. The van der Waals surface area contributed by atoms with Crippen molar-refractivity contribution >= 4 is 23.0 Å². The van der Waals surface area contributed by atoms with Crippen molar-refractivity contribution in [2.24, 2.45) is 0 Å². The Morgan fingerprint density at radius 3 is 2.65 bits per heavy atom. The number of rotatable bonds is 8. The van der Waals surface area contributed by atoms with Crippen LogP contribution < -0.4 is 10.2 Å². The first-order valence-corrected chi connectivity index (χ1v) is 12.1. The molecule has 178 valence electrons. The summed E-state index contributed by atoms with van der Waals surface area (Å²) < 4.78 is 19.5. The number of anilines is 3. The largest absolute Gasteiger partial charge is 0.466 e. The van der Waals surface area contributed by atoms with Crippen molar-refractivity contribution in [3.63, 3.8) is 0 Å². The predicted octanol–water partition coefficient (Wildman–Crippen LogP) is 6.63. The van der Waals surface area contributed by atoms with E-state index in [2.05, 4.69) is 60.5 Å². The smallest absolute Gasteiger partial charge is 0.306 e. The number of hydrogen-bond acceptors (Lipinski definition) is 4. The van der Waals surface area contributed by atoms with Crippen LogP contribution in [0.4, 0.5) is 21.5 Å². The third-order valence-corrected chi connectivity index (χ3v) is 6.57. The molecule has 1 N–H and O–H groups in total. The molecule has 0 spiro atoms. The van der Waals surface area contributed by atoms with Gasteiger partial charge >= 0.3 is 5.97 Å². The number of carbonyl (C=O) groups is 1. The number of carbonyl (C=O) groups excluding carboxylic acids is 1. The summed E-state index contributed by atoms with van der Waals surface area (Å²) in [5.74, 6) is -0.603. The number of fused-ring (bicyclic) bond motifs is 1. The predicted molar refractivity (Wildman–Crippen MR) is 136 cm³/mol. The molecule has 4 nitrogen and oxygen atoms in total. The minimum atomic E-state index is -0.304. The second kappa shape index (κ2) is 10.7. The van der Waals surface area contributed by atoms with Crippen molar-refractivity contribution in [3.05, 3.63) is 88.2 Å². The van der Waals surface area contributed by atoms with E-state index < -0.39 is 0 Å². The summed E-state index contributed by atoms with van der Waals surface area (Å²) in [6, 6.07) is 18.1. The Hall–Kier alpha value is -3.34. The zero-order valence-electron chi connectivity index (χ0n) is 20.3. The molecule has 1 heterocycles. The summed E-state index contributed by atoms with van der Waals surface area (Å²) in [6.07, 6.45) is 2.75. The van der Waals surface area contributed by atoms with E-state index in [1.165, 1.54) is 39.7 Å². The van der Waals surface area contributed by atoms with Crippen LogP contribution in [0.1, 0.15) is 47.6 Å². The fraction of sp³-hybridized carbons (Fsp3) is 0.345. The molecule has 4 rings (SSSR count). The van der Waals surface area contributed by atoms with Crippen molar-refractivity contribution < 1.29 is 13.9 Å². The van der Waals surface area contributed by atoms with Gasteiger partial charge in [-0.05, 0) is 86.1 Å². The summed E-state index contributed by atoms with van der Waals surface area (Å²) in [5.41, 5.74) is 8.94. The lowest BCUT2D eigenvalue weighted by Crippen LogP contribution is -2.26. The molecule has 0 atom stereocenters. The van der Waals surface area contributed by atoms with Crippen LogP contribution in [0.25, 0.3) is 0 Å². The molecule has 0 bridgehead atoms. The molecule has 0 aliphatic carbocycles. The van der Waals surface area contributed by atoms with E-state index in [-0.39, 0.29) is 18.2 Å². The molecule has 34 heavy (non-hydrogen) atoms. The molecule has 0 saturated heterocycles. The van der Waals surface area contributed by atoms with Crippen molar-refractivity contribution in [2.75, 3.05) is 23.4 Å². The van der Waals surface area contributed by atoms with E-state index in [0.29, 0.717) is 25.1 Å². The average Bonchev–Trinajstić information content (AvgIpc) is 2.83. The second-order valence-corrected chi connectivity index (χ2v) is 8.86. The van der Waals surface area contributed by atoms with E-state index in [9.17, 15) is 9.18 Å². The number of nitrogens with zero attached hydrogens (tertiary/aromatic N) is 1. The Bertz CT molecular complexity index is 1170.